The van der Waals surface area contributed by atoms with Crippen LogP contribution in [-0.2, 0) is 0 Å². The monoisotopic (exact) mass is 230 g/mol. The molecule has 17 heavy (non-hydrogen) atoms. The van der Waals surface area contributed by atoms with Crippen LogP contribution in [0.1, 0.15) is 43.1 Å². The first-order valence-electron chi connectivity index (χ1n) is 6.37. The fourth-order valence-corrected chi connectivity index (χ4v) is 2.73. The molecule has 3 rings (SSSR count). The Morgan fingerprint density at radius 1 is 1.29 bits per heavy atom. The van der Waals surface area contributed by atoms with Crippen molar-refractivity contribution in [1.29, 1.82) is 0 Å². The van der Waals surface area contributed by atoms with Gasteiger partial charge in [0.1, 0.15) is 5.52 Å². The van der Waals surface area contributed by atoms with Crippen molar-refractivity contribution < 1.29 is 4.42 Å². The highest BCUT2D eigenvalue weighted by Gasteiger charge is 2.27. The zero-order chi connectivity index (χ0) is 11.8. The Balaban J connectivity index is 2.02. The summed E-state index contributed by atoms with van der Waals surface area (Å²) in [7, 11) is 0. The second kappa shape index (κ2) is 4.15. The molecule has 0 aliphatic heterocycles. The average Bonchev–Trinajstić information content (AvgIpc) is 2.75. The molecule has 0 amide bonds. The summed E-state index contributed by atoms with van der Waals surface area (Å²) in [5, 5.41) is 0. The molecule has 2 aromatic rings. The lowest BCUT2D eigenvalue weighted by atomic mass is 9.85. The van der Waals surface area contributed by atoms with Crippen molar-refractivity contribution in [2.24, 2.45) is 5.73 Å². The highest BCUT2D eigenvalue weighted by atomic mass is 16.3. The van der Waals surface area contributed by atoms with Gasteiger partial charge in [0, 0.05) is 6.04 Å². The summed E-state index contributed by atoms with van der Waals surface area (Å²) in [4.78, 5) is 4.64. The maximum absolute atomic E-state index is 6.17. The number of fused-ring (bicyclic) bond motifs is 1. The Labute approximate surface area is 101 Å². The third kappa shape index (κ3) is 1.84. The molecule has 1 heterocycles. The molecular weight excluding hydrogens is 212 g/mol. The minimum Gasteiger partial charge on any atom is -0.440 e. The van der Waals surface area contributed by atoms with Gasteiger partial charge in [-0.2, -0.15) is 0 Å². The number of rotatable bonds is 1. The van der Waals surface area contributed by atoms with Crippen molar-refractivity contribution in [2.45, 2.75) is 44.6 Å². The fraction of sp³-hybridized carbons (Fsp3) is 0.500. The first-order chi connectivity index (χ1) is 8.25. The average molecular weight is 230 g/mol. The first kappa shape index (κ1) is 10.8. The Morgan fingerprint density at radius 3 is 2.88 bits per heavy atom. The Bertz CT molecular complexity index is 532. The van der Waals surface area contributed by atoms with Crippen LogP contribution in [0.15, 0.2) is 22.6 Å². The fourth-order valence-electron chi connectivity index (χ4n) is 2.73. The van der Waals surface area contributed by atoms with E-state index < -0.39 is 0 Å². The summed E-state index contributed by atoms with van der Waals surface area (Å²) >= 11 is 0. The predicted molar refractivity (Wildman–Crippen MR) is 67.9 cm³/mol. The first-order valence-corrected chi connectivity index (χ1v) is 6.37. The summed E-state index contributed by atoms with van der Waals surface area (Å²) in [6.07, 6.45) is 4.66. The lowest BCUT2D eigenvalue weighted by Crippen LogP contribution is -2.31. The molecule has 1 aliphatic rings. The highest BCUT2D eigenvalue weighted by Crippen LogP contribution is 2.33. The van der Waals surface area contributed by atoms with Crippen LogP contribution in [-0.4, -0.2) is 11.0 Å². The Kier molecular flexibility index (Phi) is 2.63. The van der Waals surface area contributed by atoms with E-state index >= 15 is 0 Å². The smallest absolute Gasteiger partial charge is 0.200 e. The van der Waals surface area contributed by atoms with Crippen LogP contribution in [0.4, 0.5) is 0 Å². The van der Waals surface area contributed by atoms with Gasteiger partial charge in [-0.3, -0.25) is 0 Å². The van der Waals surface area contributed by atoms with E-state index in [0.29, 0.717) is 5.92 Å². The molecule has 2 N–H and O–H groups in total. The number of para-hydroxylation sites is 1. The lowest BCUT2D eigenvalue weighted by molar-refractivity contribution is 0.332. The van der Waals surface area contributed by atoms with E-state index in [1.807, 2.05) is 12.1 Å². The van der Waals surface area contributed by atoms with Gasteiger partial charge in [-0.25, -0.2) is 4.98 Å². The molecule has 3 nitrogen and oxygen atoms in total. The molecule has 3 heteroatoms. The van der Waals surface area contributed by atoms with Crippen LogP contribution in [0.5, 0.6) is 0 Å². The third-order valence-corrected chi connectivity index (χ3v) is 3.77. The van der Waals surface area contributed by atoms with E-state index in [4.69, 9.17) is 10.2 Å². The number of aryl methyl sites for hydroxylation is 1. The van der Waals surface area contributed by atoms with Crippen LogP contribution in [0.25, 0.3) is 11.1 Å². The van der Waals surface area contributed by atoms with Crippen LogP contribution >= 0.6 is 0 Å². The minimum atomic E-state index is 0.206. The Morgan fingerprint density at radius 2 is 2.12 bits per heavy atom. The number of hydrogen-bond donors (Lipinski definition) is 1. The van der Waals surface area contributed by atoms with Crippen molar-refractivity contribution in [3.05, 3.63) is 29.7 Å². The summed E-state index contributed by atoms with van der Waals surface area (Å²) < 4.78 is 5.87. The number of nitrogens with two attached hydrogens (primary N) is 1. The van der Waals surface area contributed by atoms with E-state index in [2.05, 4.69) is 18.0 Å². The van der Waals surface area contributed by atoms with Gasteiger partial charge in [-0.05, 0) is 31.4 Å². The van der Waals surface area contributed by atoms with E-state index in [1.165, 1.54) is 18.4 Å². The SMILES string of the molecule is Cc1cccc2oc(C3CCCCC3N)nc12. The molecule has 0 spiro atoms. The predicted octanol–water partition coefficient (Wildman–Crippen LogP) is 3.12. The molecule has 1 aromatic heterocycles. The molecule has 2 unspecified atom stereocenters. The van der Waals surface area contributed by atoms with Crippen molar-refractivity contribution >= 4 is 11.1 Å². The molecular formula is C14H18N2O. The van der Waals surface area contributed by atoms with Gasteiger partial charge < -0.3 is 10.2 Å². The van der Waals surface area contributed by atoms with Gasteiger partial charge in [0.15, 0.2) is 11.5 Å². The zero-order valence-electron chi connectivity index (χ0n) is 10.1. The van der Waals surface area contributed by atoms with Crippen LogP contribution in [0, 0.1) is 6.92 Å². The summed E-state index contributed by atoms with van der Waals surface area (Å²) in [5.74, 6) is 1.14. The number of oxazole rings is 1. The largest absolute Gasteiger partial charge is 0.440 e. The molecule has 1 saturated carbocycles. The lowest BCUT2D eigenvalue weighted by Gasteiger charge is -2.25. The van der Waals surface area contributed by atoms with Crippen LogP contribution in [0.3, 0.4) is 0 Å². The minimum absolute atomic E-state index is 0.206. The van der Waals surface area contributed by atoms with Crippen LogP contribution in [0.2, 0.25) is 0 Å². The topological polar surface area (TPSA) is 52.0 Å². The van der Waals surface area contributed by atoms with Crippen molar-refractivity contribution in [2.75, 3.05) is 0 Å². The van der Waals surface area contributed by atoms with E-state index in [0.717, 1.165) is 29.8 Å². The summed E-state index contributed by atoms with van der Waals surface area (Å²) in [6.45, 7) is 2.06. The van der Waals surface area contributed by atoms with Gasteiger partial charge in [0.05, 0.1) is 5.92 Å². The highest BCUT2D eigenvalue weighted by molar-refractivity contribution is 5.76. The van der Waals surface area contributed by atoms with Gasteiger partial charge >= 0.3 is 0 Å². The van der Waals surface area contributed by atoms with Crippen molar-refractivity contribution in [3.8, 4) is 0 Å². The number of nitrogens with zero attached hydrogens (tertiary/aromatic N) is 1. The van der Waals surface area contributed by atoms with Gasteiger partial charge in [0.25, 0.3) is 0 Å². The molecule has 90 valence electrons. The molecule has 1 aliphatic carbocycles. The van der Waals surface area contributed by atoms with Crippen molar-refractivity contribution in [1.82, 2.24) is 4.98 Å². The molecule has 0 radical (unpaired) electrons. The Hall–Kier alpha value is -1.35. The van der Waals surface area contributed by atoms with E-state index in [9.17, 15) is 0 Å². The third-order valence-electron chi connectivity index (χ3n) is 3.77. The van der Waals surface area contributed by atoms with E-state index in [1.54, 1.807) is 0 Å². The molecule has 1 fully saturated rings. The van der Waals surface area contributed by atoms with Crippen molar-refractivity contribution in [3.63, 3.8) is 0 Å². The van der Waals surface area contributed by atoms with Gasteiger partial charge in [-0.1, -0.05) is 25.0 Å². The van der Waals surface area contributed by atoms with E-state index in [-0.39, 0.29) is 6.04 Å². The maximum Gasteiger partial charge on any atom is 0.200 e. The normalized spacial score (nSPS) is 25.3. The van der Waals surface area contributed by atoms with Gasteiger partial charge in [-0.15, -0.1) is 0 Å². The second-order valence-corrected chi connectivity index (χ2v) is 5.03. The quantitative estimate of drug-likeness (QED) is 0.818. The second-order valence-electron chi connectivity index (χ2n) is 5.03. The maximum atomic E-state index is 6.17. The number of aromatic nitrogens is 1. The zero-order valence-corrected chi connectivity index (χ0v) is 10.1. The molecule has 2 atom stereocenters. The number of hydrogen-bond acceptors (Lipinski definition) is 3. The van der Waals surface area contributed by atoms with Gasteiger partial charge in [0.2, 0.25) is 0 Å². The molecule has 0 saturated heterocycles. The summed E-state index contributed by atoms with van der Waals surface area (Å²) in [6, 6.07) is 6.26. The molecule has 1 aromatic carbocycles. The summed E-state index contributed by atoms with van der Waals surface area (Å²) in [5.41, 5.74) is 9.21. The standard InChI is InChI=1S/C14H18N2O/c1-9-5-4-8-12-13(9)16-14(17-12)10-6-2-3-7-11(10)15/h4-5,8,10-11H,2-3,6-7,15H2,1H3. The molecule has 0 bridgehead atoms. The van der Waals surface area contributed by atoms with Crippen LogP contribution < -0.4 is 5.73 Å². The number of benzene rings is 1.